The summed E-state index contributed by atoms with van der Waals surface area (Å²) in [5.74, 6) is 0. The van der Waals surface area contributed by atoms with E-state index in [1.54, 1.807) is 0 Å². The van der Waals surface area contributed by atoms with E-state index < -0.39 is 14.8 Å². The molecule has 0 fully saturated rings. The SMILES string of the molecule is CS(=O)(=O)c1ccc(C=NNC(N)=S)c([N+](=O)[O-])c1. The molecule has 102 valence electrons. The van der Waals surface area contributed by atoms with Crippen LogP contribution in [0.5, 0.6) is 0 Å². The van der Waals surface area contributed by atoms with E-state index in [4.69, 9.17) is 5.73 Å². The number of hydrogen-bond acceptors (Lipinski definition) is 6. The highest BCUT2D eigenvalue weighted by atomic mass is 32.2. The van der Waals surface area contributed by atoms with Gasteiger partial charge in [0.2, 0.25) is 0 Å². The summed E-state index contributed by atoms with van der Waals surface area (Å²) in [6.07, 6.45) is 2.09. The minimum Gasteiger partial charge on any atom is -0.375 e. The van der Waals surface area contributed by atoms with Gasteiger partial charge in [0.15, 0.2) is 14.9 Å². The van der Waals surface area contributed by atoms with E-state index in [1.807, 2.05) is 0 Å². The molecule has 1 rings (SSSR count). The molecular formula is C9H10N4O4S2. The minimum absolute atomic E-state index is 0.0911. The second kappa shape index (κ2) is 5.71. The summed E-state index contributed by atoms with van der Waals surface area (Å²) in [5, 5.41) is 14.4. The Morgan fingerprint density at radius 2 is 2.21 bits per heavy atom. The minimum atomic E-state index is -3.51. The number of nitrogens with two attached hydrogens (primary N) is 1. The van der Waals surface area contributed by atoms with Gasteiger partial charge >= 0.3 is 0 Å². The van der Waals surface area contributed by atoms with Gasteiger partial charge in [-0.15, -0.1) is 0 Å². The van der Waals surface area contributed by atoms with Gasteiger partial charge in [0.05, 0.1) is 21.6 Å². The molecule has 8 nitrogen and oxygen atoms in total. The van der Waals surface area contributed by atoms with E-state index in [2.05, 4.69) is 22.7 Å². The van der Waals surface area contributed by atoms with Crippen LogP contribution in [0.1, 0.15) is 5.56 Å². The summed E-state index contributed by atoms with van der Waals surface area (Å²) >= 11 is 4.50. The van der Waals surface area contributed by atoms with Crippen molar-refractivity contribution in [2.45, 2.75) is 4.90 Å². The van der Waals surface area contributed by atoms with Crippen molar-refractivity contribution >= 4 is 39.1 Å². The molecule has 3 N–H and O–H groups in total. The predicted molar refractivity (Wildman–Crippen MR) is 73.7 cm³/mol. The number of nitrogens with one attached hydrogen (secondary N) is 1. The maximum atomic E-state index is 11.3. The molecule has 0 saturated heterocycles. The number of nitro groups is 1. The van der Waals surface area contributed by atoms with E-state index in [0.717, 1.165) is 18.5 Å². The topological polar surface area (TPSA) is 128 Å². The lowest BCUT2D eigenvalue weighted by molar-refractivity contribution is -0.385. The first kappa shape index (κ1) is 15.0. The highest BCUT2D eigenvalue weighted by Crippen LogP contribution is 2.21. The van der Waals surface area contributed by atoms with Gasteiger partial charge in [0.25, 0.3) is 5.69 Å². The maximum Gasteiger partial charge on any atom is 0.279 e. The molecule has 0 heterocycles. The summed E-state index contributed by atoms with van der Waals surface area (Å²) in [6, 6.07) is 3.50. The van der Waals surface area contributed by atoms with Crippen LogP contribution in [0.3, 0.4) is 0 Å². The standard InChI is InChI=1S/C9H10N4O4S2/c1-19(16,17)7-3-2-6(5-11-12-9(10)18)8(4-7)13(14)15/h2-5H,1H3,(H3,10,12,18). The molecule has 0 aromatic heterocycles. The fourth-order valence-corrected chi connectivity index (χ4v) is 1.88. The number of nitro benzene ring substituents is 1. The van der Waals surface area contributed by atoms with Gasteiger partial charge < -0.3 is 5.73 Å². The number of hydrazone groups is 1. The Hall–Kier alpha value is -2.07. The number of benzene rings is 1. The Kier molecular flexibility index (Phi) is 4.51. The monoisotopic (exact) mass is 302 g/mol. The van der Waals surface area contributed by atoms with Crippen LogP contribution in [0, 0.1) is 10.1 Å². The predicted octanol–water partition coefficient (Wildman–Crippen LogP) is 0.165. The number of hydrogen-bond donors (Lipinski definition) is 2. The van der Waals surface area contributed by atoms with Crippen molar-refractivity contribution in [2.24, 2.45) is 10.8 Å². The van der Waals surface area contributed by atoms with E-state index in [-0.39, 0.29) is 21.3 Å². The number of nitrogens with zero attached hydrogens (tertiary/aromatic N) is 2. The molecule has 1 aromatic rings. The second-order valence-corrected chi connectivity index (χ2v) is 5.94. The first-order valence-corrected chi connectivity index (χ1v) is 7.09. The number of sulfone groups is 1. The van der Waals surface area contributed by atoms with Gasteiger partial charge in [-0.2, -0.15) is 5.10 Å². The number of rotatable bonds is 4. The largest absolute Gasteiger partial charge is 0.375 e. The lowest BCUT2D eigenvalue weighted by atomic mass is 10.2. The highest BCUT2D eigenvalue weighted by molar-refractivity contribution is 7.90. The molecule has 0 atom stereocenters. The molecule has 0 amide bonds. The molecular weight excluding hydrogens is 292 g/mol. The molecule has 0 aliphatic carbocycles. The Balaban J connectivity index is 3.23. The van der Waals surface area contributed by atoms with Crippen LogP contribution in [-0.2, 0) is 9.84 Å². The average Bonchev–Trinajstić information content (AvgIpc) is 2.27. The summed E-state index contributed by atoms with van der Waals surface area (Å²) in [7, 11) is -3.51. The molecule has 1 aromatic carbocycles. The van der Waals surface area contributed by atoms with Crippen LogP contribution in [-0.4, -0.2) is 30.9 Å². The van der Waals surface area contributed by atoms with Crippen molar-refractivity contribution < 1.29 is 13.3 Å². The molecule has 0 saturated carbocycles. The van der Waals surface area contributed by atoms with Crippen LogP contribution in [0.15, 0.2) is 28.2 Å². The highest BCUT2D eigenvalue weighted by Gasteiger charge is 2.17. The van der Waals surface area contributed by atoms with Crippen LogP contribution in [0.25, 0.3) is 0 Å². The Bertz CT molecular complexity index is 654. The summed E-state index contributed by atoms with van der Waals surface area (Å²) in [4.78, 5) is 10.0. The van der Waals surface area contributed by atoms with Crippen LogP contribution >= 0.6 is 12.2 Å². The quantitative estimate of drug-likeness (QED) is 0.351. The molecule has 0 aliphatic rings. The smallest absolute Gasteiger partial charge is 0.279 e. The maximum absolute atomic E-state index is 11.3. The van der Waals surface area contributed by atoms with E-state index >= 15 is 0 Å². The van der Waals surface area contributed by atoms with Crippen molar-refractivity contribution in [2.75, 3.05) is 6.26 Å². The third kappa shape index (κ3) is 4.26. The van der Waals surface area contributed by atoms with Crippen LogP contribution < -0.4 is 11.2 Å². The van der Waals surface area contributed by atoms with Crippen molar-refractivity contribution in [1.29, 1.82) is 0 Å². The van der Waals surface area contributed by atoms with E-state index in [0.29, 0.717) is 0 Å². The Morgan fingerprint density at radius 3 is 2.68 bits per heavy atom. The molecule has 0 bridgehead atoms. The summed E-state index contributed by atoms with van der Waals surface area (Å²) in [5.41, 5.74) is 7.12. The zero-order valence-corrected chi connectivity index (χ0v) is 11.4. The normalized spacial score (nSPS) is 11.4. The van der Waals surface area contributed by atoms with Gasteiger partial charge in [-0.3, -0.25) is 15.5 Å². The molecule has 19 heavy (non-hydrogen) atoms. The average molecular weight is 302 g/mol. The van der Waals surface area contributed by atoms with Gasteiger partial charge in [-0.25, -0.2) is 8.42 Å². The molecule has 0 radical (unpaired) electrons. The van der Waals surface area contributed by atoms with Crippen molar-refractivity contribution in [3.05, 3.63) is 33.9 Å². The zero-order valence-electron chi connectivity index (χ0n) is 9.73. The third-order valence-corrected chi connectivity index (χ3v) is 3.21. The van der Waals surface area contributed by atoms with Gasteiger partial charge in [0, 0.05) is 12.3 Å². The Labute approximate surface area is 114 Å². The summed E-state index contributed by atoms with van der Waals surface area (Å²) in [6.45, 7) is 0. The van der Waals surface area contributed by atoms with E-state index in [9.17, 15) is 18.5 Å². The molecule has 0 spiro atoms. The zero-order chi connectivity index (χ0) is 14.6. The van der Waals surface area contributed by atoms with Crippen molar-refractivity contribution in [3.63, 3.8) is 0 Å². The van der Waals surface area contributed by atoms with E-state index in [1.165, 1.54) is 12.1 Å². The molecule has 0 aliphatic heterocycles. The number of thiocarbonyl (C=S) groups is 1. The van der Waals surface area contributed by atoms with Gasteiger partial charge in [-0.05, 0) is 24.4 Å². The van der Waals surface area contributed by atoms with Gasteiger partial charge in [0.1, 0.15) is 0 Å². The fourth-order valence-electron chi connectivity index (χ4n) is 1.19. The third-order valence-electron chi connectivity index (χ3n) is 2.01. The van der Waals surface area contributed by atoms with Crippen molar-refractivity contribution in [3.8, 4) is 0 Å². The first-order chi connectivity index (χ1) is 8.71. The molecule has 10 heteroatoms. The Morgan fingerprint density at radius 1 is 1.58 bits per heavy atom. The lowest BCUT2D eigenvalue weighted by Gasteiger charge is -2.01. The fraction of sp³-hybridized carbons (Fsp3) is 0.111. The van der Waals surface area contributed by atoms with Gasteiger partial charge in [-0.1, -0.05) is 0 Å². The van der Waals surface area contributed by atoms with Crippen molar-refractivity contribution in [1.82, 2.24) is 5.43 Å². The lowest BCUT2D eigenvalue weighted by Crippen LogP contribution is -2.24. The summed E-state index contributed by atoms with van der Waals surface area (Å²) < 4.78 is 22.6. The molecule has 0 unspecified atom stereocenters. The van der Waals surface area contributed by atoms with Crippen LogP contribution in [0.4, 0.5) is 5.69 Å². The van der Waals surface area contributed by atoms with Crippen LogP contribution in [0.2, 0.25) is 0 Å². The first-order valence-electron chi connectivity index (χ1n) is 4.79. The second-order valence-electron chi connectivity index (χ2n) is 3.48.